The van der Waals surface area contributed by atoms with Gasteiger partial charge in [-0.3, -0.25) is 14.9 Å². The van der Waals surface area contributed by atoms with E-state index in [-0.39, 0.29) is 22.6 Å². The summed E-state index contributed by atoms with van der Waals surface area (Å²) in [6, 6.07) is 4.15. The van der Waals surface area contributed by atoms with E-state index in [0.717, 1.165) is 6.54 Å². The van der Waals surface area contributed by atoms with Gasteiger partial charge < -0.3 is 10.2 Å². The van der Waals surface area contributed by atoms with Crippen LogP contribution in [-0.2, 0) is 0 Å². The number of benzene rings is 1. The van der Waals surface area contributed by atoms with Crippen LogP contribution in [0.1, 0.15) is 24.2 Å². The van der Waals surface area contributed by atoms with E-state index in [1.165, 1.54) is 18.2 Å². The van der Waals surface area contributed by atoms with E-state index < -0.39 is 4.92 Å². The highest BCUT2D eigenvalue weighted by Gasteiger charge is 2.21. The second-order valence-electron chi connectivity index (χ2n) is 6.01. The minimum absolute atomic E-state index is 0.0909. The lowest BCUT2D eigenvalue weighted by atomic mass is 9.93. The van der Waals surface area contributed by atoms with Gasteiger partial charge in [0.05, 0.1) is 10.5 Å². The van der Waals surface area contributed by atoms with Crippen LogP contribution in [0.25, 0.3) is 0 Å². The summed E-state index contributed by atoms with van der Waals surface area (Å²) in [7, 11) is 3.95. The number of carbonyl (C=O) groups is 1. The first-order valence-corrected chi connectivity index (χ1v) is 7.28. The van der Waals surface area contributed by atoms with Gasteiger partial charge in [-0.05, 0) is 41.5 Å². The van der Waals surface area contributed by atoms with Crippen LogP contribution in [0.2, 0.25) is 0 Å². The number of nitrogens with one attached hydrogen (secondary N) is 1. The van der Waals surface area contributed by atoms with E-state index in [2.05, 4.69) is 40.0 Å². The number of hydrogen-bond donors (Lipinski definition) is 1. The molecule has 0 bridgehead atoms. The largest absolute Gasteiger partial charge is 0.351 e. The van der Waals surface area contributed by atoms with Crippen molar-refractivity contribution in [1.82, 2.24) is 10.2 Å². The molecule has 0 aromatic heterocycles. The third-order valence-electron chi connectivity index (χ3n) is 2.88. The van der Waals surface area contributed by atoms with Gasteiger partial charge >= 0.3 is 0 Å². The van der Waals surface area contributed by atoms with Crippen LogP contribution < -0.4 is 5.32 Å². The van der Waals surface area contributed by atoms with Gasteiger partial charge in [0.2, 0.25) is 0 Å². The third-order valence-corrected chi connectivity index (χ3v) is 3.57. The van der Waals surface area contributed by atoms with Gasteiger partial charge in [0.25, 0.3) is 11.6 Å². The van der Waals surface area contributed by atoms with E-state index in [9.17, 15) is 14.9 Å². The van der Waals surface area contributed by atoms with Gasteiger partial charge in [0.15, 0.2) is 0 Å². The predicted molar refractivity (Wildman–Crippen MR) is 85.5 cm³/mol. The average molecular weight is 358 g/mol. The molecular weight excluding hydrogens is 338 g/mol. The molecule has 0 fully saturated rings. The van der Waals surface area contributed by atoms with Gasteiger partial charge in [-0.2, -0.15) is 0 Å². The molecule has 0 saturated carbocycles. The fourth-order valence-electron chi connectivity index (χ4n) is 2.13. The van der Waals surface area contributed by atoms with E-state index in [1.807, 2.05) is 14.1 Å². The summed E-state index contributed by atoms with van der Waals surface area (Å²) in [5.74, 6) is -0.322. The minimum Gasteiger partial charge on any atom is -0.351 e. The van der Waals surface area contributed by atoms with Crippen LogP contribution in [0, 0.1) is 15.5 Å². The molecule has 0 atom stereocenters. The second kappa shape index (κ2) is 7.00. The molecule has 0 spiro atoms. The van der Waals surface area contributed by atoms with Gasteiger partial charge in [-0.1, -0.05) is 13.8 Å². The van der Waals surface area contributed by atoms with Crippen molar-refractivity contribution in [3.05, 3.63) is 38.3 Å². The standard InChI is InChI=1S/C14H20BrN3O3/c1-14(2,9-17(3)4)8-16-13(19)11-7-10(18(20)21)5-6-12(11)15/h5-7H,8-9H2,1-4H3,(H,16,19). The number of carbonyl (C=O) groups excluding carboxylic acids is 1. The number of non-ortho nitro benzene ring substituents is 1. The molecule has 0 aliphatic carbocycles. The molecule has 1 amide bonds. The fraction of sp³-hybridized carbons (Fsp3) is 0.500. The Morgan fingerprint density at radius 3 is 2.57 bits per heavy atom. The van der Waals surface area contributed by atoms with Crippen molar-refractivity contribution in [2.75, 3.05) is 27.2 Å². The first kappa shape index (κ1) is 17.6. The summed E-state index contributed by atoms with van der Waals surface area (Å²) < 4.78 is 0.538. The fourth-order valence-corrected chi connectivity index (χ4v) is 2.55. The predicted octanol–water partition coefficient (Wildman–Crippen LogP) is 2.67. The van der Waals surface area contributed by atoms with E-state index in [0.29, 0.717) is 11.0 Å². The Bertz CT molecular complexity index is 544. The molecule has 1 aromatic rings. The summed E-state index contributed by atoms with van der Waals surface area (Å²) >= 11 is 3.25. The number of nitro benzene ring substituents is 1. The summed E-state index contributed by atoms with van der Waals surface area (Å²) in [5.41, 5.74) is 0.0764. The molecule has 0 heterocycles. The van der Waals surface area contributed by atoms with E-state index in [4.69, 9.17) is 0 Å². The number of hydrogen-bond acceptors (Lipinski definition) is 4. The zero-order valence-electron chi connectivity index (χ0n) is 12.6. The van der Waals surface area contributed by atoms with Crippen molar-refractivity contribution in [3.8, 4) is 0 Å². The van der Waals surface area contributed by atoms with Crippen LogP contribution in [-0.4, -0.2) is 42.9 Å². The average Bonchev–Trinajstić information content (AvgIpc) is 2.34. The highest BCUT2D eigenvalue weighted by atomic mass is 79.9. The smallest absolute Gasteiger partial charge is 0.270 e. The van der Waals surface area contributed by atoms with Gasteiger partial charge in [-0.25, -0.2) is 0 Å². The van der Waals surface area contributed by atoms with Crippen molar-refractivity contribution in [1.29, 1.82) is 0 Å². The summed E-state index contributed by atoms with van der Waals surface area (Å²) in [6.45, 7) is 5.41. The normalized spacial score (nSPS) is 11.5. The molecule has 0 aliphatic heterocycles. The molecular formula is C14H20BrN3O3. The van der Waals surface area contributed by atoms with Gasteiger partial charge in [-0.15, -0.1) is 0 Å². The molecule has 0 aliphatic rings. The molecule has 1 aromatic carbocycles. The molecule has 6 nitrogen and oxygen atoms in total. The molecule has 7 heteroatoms. The van der Waals surface area contributed by atoms with Crippen molar-refractivity contribution in [2.24, 2.45) is 5.41 Å². The summed E-state index contributed by atoms with van der Waals surface area (Å²) in [5, 5.41) is 13.6. The SMILES string of the molecule is CN(C)CC(C)(C)CNC(=O)c1cc([N+](=O)[O-])ccc1Br. The van der Waals surface area contributed by atoms with Crippen LogP contribution >= 0.6 is 15.9 Å². The monoisotopic (exact) mass is 357 g/mol. The maximum atomic E-state index is 12.2. The number of amides is 1. The number of nitrogens with zero attached hydrogens (tertiary/aromatic N) is 2. The lowest BCUT2D eigenvalue weighted by molar-refractivity contribution is -0.384. The molecule has 116 valence electrons. The van der Waals surface area contributed by atoms with Gasteiger partial charge in [0.1, 0.15) is 0 Å². The van der Waals surface area contributed by atoms with Crippen LogP contribution in [0.3, 0.4) is 0 Å². The third kappa shape index (κ3) is 5.43. The zero-order valence-corrected chi connectivity index (χ0v) is 14.2. The van der Waals surface area contributed by atoms with Crippen molar-refractivity contribution in [2.45, 2.75) is 13.8 Å². The maximum Gasteiger partial charge on any atom is 0.270 e. The maximum absolute atomic E-state index is 12.2. The van der Waals surface area contributed by atoms with Crippen molar-refractivity contribution in [3.63, 3.8) is 0 Å². The topological polar surface area (TPSA) is 75.5 Å². The Kier molecular flexibility index (Phi) is 5.86. The van der Waals surface area contributed by atoms with Crippen LogP contribution in [0.4, 0.5) is 5.69 Å². The zero-order chi connectivity index (χ0) is 16.2. The lowest BCUT2D eigenvalue weighted by Gasteiger charge is -2.28. The van der Waals surface area contributed by atoms with Crippen molar-refractivity contribution >= 4 is 27.5 Å². The molecule has 21 heavy (non-hydrogen) atoms. The Morgan fingerprint density at radius 1 is 1.43 bits per heavy atom. The highest BCUT2D eigenvalue weighted by Crippen LogP contribution is 2.23. The molecule has 1 N–H and O–H groups in total. The van der Waals surface area contributed by atoms with Crippen LogP contribution in [0.5, 0.6) is 0 Å². The molecule has 0 saturated heterocycles. The van der Waals surface area contributed by atoms with E-state index >= 15 is 0 Å². The van der Waals surface area contributed by atoms with E-state index in [1.54, 1.807) is 0 Å². The second-order valence-corrected chi connectivity index (χ2v) is 6.86. The number of rotatable bonds is 6. The highest BCUT2D eigenvalue weighted by molar-refractivity contribution is 9.10. The molecule has 0 radical (unpaired) electrons. The summed E-state index contributed by atoms with van der Waals surface area (Å²) in [6.07, 6.45) is 0. The first-order valence-electron chi connectivity index (χ1n) is 6.49. The first-order chi connectivity index (χ1) is 9.62. The Morgan fingerprint density at radius 2 is 2.05 bits per heavy atom. The Labute approximate surface area is 132 Å². The minimum atomic E-state index is -0.515. The Hall–Kier alpha value is -1.47. The molecule has 0 unspecified atom stereocenters. The van der Waals surface area contributed by atoms with Crippen molar-refractivity contribution < 1.29 is 9.72 Å². The lowest BCUT2D eigenvalue weighted by Crippen LogP contribution is -2.40. The summed E-state index contributed by atoms with van der Waals surface area (Å²) in [4.78, 5) is 24.5. The Balaban J connectivity index is 2.80. The number of halogens is 1. The van der Waals surface area contributed by atoms with Gasteiger partial charge in [0, 0.05) is 29.7 Å². The van der Waals surface area contributed by atoms with Crippen LogP contribution in [0.15, 0.2) is 22.7 Å². The number of nitro groups is 1. The molecule has 1 rings (SSSR count). The quantitative estimate of drug-likeness (QED) is 0.627.